The molecule has 0 saturated heterocycles. The van der Waals surface area contributed by atoms with Crippen LogP contribution in [0.15, 0.2) is 24.3 Å². The average molecular weight is 137 g/mol. The van der Waals surface area contributed by atoms with Crippen molar-refractivity contribution in [1.82, 2.24) is 0 Å². The fraction of sp³-hybridized carbons (Fsp3) is 0.250. The molecule has 1 unspecified atom stereocenters. The normalized spacial score (nSPS) is 13.0. The van der Waals surface area contributed by atoms with Crippen LogP contribution in [0.1, 0.15) is 18.5 Å². The molecular formula is C8H11NO. The van der Waals surface area contributed by atoms with Gasteiger partial charge < -0.3 is 10.8 Å². The third-order valence-electron chi connectivity index (χ3n) is 1.40. The zero-order chi connectivity index (χ0) is 7.56. The molecule has 1 rings (SSSR count). The molecule has 0 amide bonds. The zero-order valence-corrected chi connectivity index (χ0v) is 5.91. The predicted octanol–water partition coefficient (Wildman–Crippen LogP) is 1.41. The topological polar surface area (TPSA) is 46.2 Å². The van der Waals surface area contributed by atoms with Gasteiger partial charge in [-0.25, -0.2) is 0 Å². The number of rotatable bonds is 1. The van der Waals surface area contributed by atoms with Crippen molar-refractivity contribution in [2.24, 2.45) is 5.73 Å². The zero-order valence-electron chi connectivity index (χ0n) is 5.91. The van der Waals surface area contributed by atoms with Gasteiger partial charge in [-0.2, -0.15) is 0 Å². The van der Waals surface area contributed by atoms with E-state index in [0.29, 0.717) is 0 Å². The van der Waals surface area contributed by atoms with Gasteiger partial charge in [0.1, 0.15) is 5.75 Å². The Balaban J connectivity index is 2.96. The largest absolute Gasteiger partial charge is 0.508 e. The summed E-state index contributed by atoms with van der Waals surface area (Å²) < 4.78 is 0. The SMILES string of the molecule is CC(N)c1cccc(O)c1. The summed E-state index contributed by atoms with van der Waals surface area (Å²) in [4.78, 5) is 0. The molecule has 0 aliphatic rings. The van der Waals surface area contributed by atoms with E-state index < -0.39 is 0 Å². The highest BCUT2D eigenvalue weighted by molar-refractivity contribution is 5.28. The number of hydrogen-bond acceptors (Lipinski definition) is 2. The fourth-order valence-corrected chi connectivity index (χ4v) is 0.808. The second kappa shape index (κ2) is 2.71. The molecule has 0 fully saturated rings. The van der Waals surface area contributed by atoms with Gasteiger partial charge in [0, 0.05) is 6.04 Å². The molecule has 0 aromatic heterocycles. The van der Waals surface area contributed by atoms with Gasteiger partial charge >= 0.3 is 0 Å². The minimum absolute atomic E-state index is 0.00731. The summed E-state index contributed by atoms with van der Waals surface area (Å²) in [6, 6.07) is 6.97. The van der Waals surface area contributed by atoms with E-state index in [1.807, 2.05) is 13.0 Å². The van der Waals surface area contributed by atoms with Crippen molar-refractivity contribution in [2.45, 2.75) is 13.0 Å². The summed E-state index contributed by atoms with van der Waals surface area (Å²) >= 11 is 0. The summed E-state index contributed by atoms with van der Waals surface area (Å²) in [7, 11) is 0. The lowest BCUT2D eigenvalue weighted by Gasteiger charge is -2.03. The van der Waals surface area contributed by atoms with Gasteiger partial charge in [-0.15, -0.1) is 0 Å². The summed E-state index contributed by atoms with van der Waals surface area (Å²) in [5.74, 6) is 0.273. The van der Waals surface area contributed by atoms with Crippen LogP contribution >= 0.6 is 0 Å². The Morgan fingerprint density at radius 1 is 1.50 bits per heavy atom. The number of aromatic hydroxyl groups is 1. The maximum Gasteiger partial charge on any atom is 0.115 e. The Bertz CT molecular complexity index is 220. The molecule has 3 N–H and O–H groups in total. The molecule has 2 heteroatoms. The highest BCUT2D eigenvalue weighted by atomic mass is 16.3. The van der Waals surface area contributed by atoms with Crippen molar-refractivity contribution in [2.75, 3.05) is 0 Å². The molecule has 10 heavy (non-hydrogen) atoms. The quantitative estimate of drug-likeness (QED) is 0.614. The third-order valence-corrected chi connectivity index (χ3v) is 1.40. The Morgan fingerprint density at radius 3 is 2.60 bits per heavy atom. The van der Waals surface area contributed by atoms with E-state index in [4.69, 9.17) is 10.8 Å². The lowest BCUT2D eigenvalue weighted by atomic mass is 10.1. The van der Waals surface area contributed by atoms with E-state index in [1.54, 1.807) is 18.2 Å². The van der Waals surface area contributed by atoms with E-state index in [2.05, 4.69) is 0 Å². The Kier molecular flexibility index (Phi) is 1.92. The Labute approximate surface area is 60.3 Å². The molecule has 1 atom stereocenters. The van der Waals surface area contributed by atoms with Crippen LogP contribution in [0, 0.1) is 0 Å². The number of nitrogens with two attached hydrogens (primary N) is 1. The lowest BCUT2D eigenvalue weighted by Crippen LogP contribution is -2.03. The van der Waals surface area contributed by atoms with Crippen LogP contribution in [-0.4, -0.2) is 5.11 Å². The second-order valence-corrected chi connectivity index (χ2v) is 2.38. The monoisotopic (exact) mass is 137 g/mol. The van der Waals surface area contributed by atoms with E-state index in [9.17, 15) is 0 Å². The van der Waals surface area contributed by atoms with Crippen molar-refractivity contribution in [3.05, 3.63) is 29.8 Å². The highest BCUT2D eigenvalue weighted by Gasteiger charge is 1.97. The first-order valence-electron chi connectivity index (χ1n) is 3.24. The van der Waals surface area contributed by atoms with Crippen molar-refractivity contribution in [1.29, 1.82) is 0 Å². The number of hydrogen-bond donors (Lipinski definition) is 2. The van der Waals surface area contributed by atoms with Crippen LogP contribution in [0.3, 0.4) is 0 Å². The van der Waals surface area contributed by atoms with Crippen molar-refractivity contribution >= 4 is 0 Å². The maximum atomic E-state index is 9.01. The van der Waals surface area contributed by atoms with E-state index in [-0.39, 0.29) is 11.8 Å². The summed E-state index contributed by atoms with van der Waals surface area (Å²) in [5.41, 5.74) is 6.53. The minimum atomic E-state index is -0.00731. The number of phenolic OH excluding ortho intramolecular Hbond substituents is 1. The molecule has 1 aromatic carbocycles. The number of phenols is 1. The Morgan fingerprint density at radius 2 is 2.20 bits per heavy atom. The summed E-state index contributed by atoms with van der Waals surface area (Å²) in [6.07, 6.45) is 0. The van der Waals surface area contributed by atoms with Gasteiger partial charge in [0.05, 0.1) is 0 Å². The predicted molar refractivity (Wildman–Crippen MR) is 40.7 cm³/mol. The van der Waals surface area contributed by atoms with Gasteiger partial charge in [-0.1, -0.05) is 12.1 Å². The first-order chi connectivity index (χ1) is 4.70. The summed E-state index contributed by atoms with van der Waals surface area (Å²) in [6.45, 7) is 1.88. The molecule has 0 aliphatic carbocycles. The van der Waals surface area contributed by atoms with Crippen molar-refractivity contribution < 1.29 is 5.11 Å². The van der Waals surface area contributed by atoms with Gasteiger partial charge in [-0.05, 0) is 24.6 Å². The van der Waals surface area contributed by atoms with Crippen molar-refractivity contribution in [3.63, 3.8) is 0 Å². The smallest absolute Gasteiger partial charge is 0.115 e. The average Bonchev–Trinajstić information content (AvgIpc) is 1.88. The third kappa shape index (κ3) is 1.48. The second-order valence-electron chi connectivity index (χ2n) is 2.38. The minimum Gasteiger partial charge on any atom is -0.508 e. The molecule has 0 spiro atoms. The van der Waals surface area contributed by atoms with Gasteiger partial charge in [0.15, 0.2) is 0 Å². The number of benzene rings is 1. The van der Waals surface area contributed by atoms with Gasteiger partial charge in [-0.3, -0.25) is 0 Å². The van der Waals surface area contributed by atoms with E-state index in [1.165, 1.54) is 0 Å². The highest BCUT2D eigenvalue weighted by Crippen LogP contribution is 2.15. The molecule has 0 bridgehead atoms. The van der Waals surface area contributed by atoms with Crippen LogP contribution in [0.25, 0.3) is 0 Å². The molecule has 1 aromatic rings. The molecule has 0 saturated carbocycles. The maximum absolute atomic E-state index is 9.01. The fourth-order valence-electron chi connectivity index (χ4n) is 0.808. The molecule has 0 aliphatic heterocycles. The van der Waals surface area contributed by atoms with Crippen LogP contribution in [0.4, 0.5) is 0 Å². The van der Waals surface area contributed by atoms with E-state index >= 15 is 0 Å². The van der Waals surface area contributed by atoms with Crippen LogP contribution < -0.4 is 5.73 Å². The van der Waals surface area contributed by atoms with Crippen LogP contribution in [0.5, 0.6) is 5.75 Å². The van der Waals surface area contributed by atoms with Gasteiger partial charge in [0.2, 0.25) is 0 Å². The first-order valence-corrected chi connectivity index (χ1v) is 3.24. The first kappa shape index (κ1) is 7.09. The standard InChI is InChI=1S/C8H11NO/c1-6(9)7-3-2-4-8(10)5-7/h2-6,10H,9H2,1H3. The molecule has 0 heterocycles. The molecular weight excluding hydrogens is 126 g/mol. The lowest BCUT2D eigenvalue weighted by molar-refractivity contribution is 0.474. The molecule has 0 radical (unpaired) electrons. The summed E-state index contributed by atoms with van der Waals surface area (Å²) in [5, 5.41) is 9.01. The van der Waals surface area contributed by atoms with Crippen LogP contribution in [-0.2, 0) is 0 Å². The molecule has 2 nitrogen and oxygen atoms in total. The Hall–Kier alpha value is -1.02. The molecule has 54 valence electrons. The van der Waals surface area contributed by atoms with E-state index in [0.717, 1.165) is 5.56 Å². The van der Waals surface area contributed by atoms with Gasteiger partial charge in [0.25, 0.3) is 0 Å². The van der Waals surface area contributed by atoms with Crippen LogP contribution in [0.2, 0.25) is 0 Å². The van der Waals surface area contributed by atoms with Crippen molar-refractivity contribution in [3.8, 4) is 5.75 Å².